The van der Waals surface area contributed by atoms with Crippen LogP contribution in [0.5, 0.6) is 11.5 Å². The molecule has 1 fully saturated rings. The molecule has 1 aromatic rings. The van der Waals surface area contributed by atoms with Gasteiger partial charge in [0.15, 0.2) is 0 Å². The third kappa shape index (κ3) is 2.91. The van der Waals surface area contributed by atoms with Crippen LogP contribution in [0.15, 0.2) is 12.1 Å². The van der Waals surface area contributed by atoms with E-state index in [1.807, 2.05) is 0 Å². The minimum atomic E-state index is -0.340. The van der Waals surface area contributed by atoms with E-state index in [-0.39, 0.29) is 5.82 Å². The van der Waals surface area contributed by atoms with Gasteiger partial charge in [-0.2, -0.15) is 0 Å². The number of hydrogen-bond acceptors (Lipinski definition) is 4. The third-order valence-corrected chi connectivity index (χ3v) is 3.16. The molecule has 100 valence electrons. The van der Waals surface area contributed by atoms with Gasteiger partial charge in [0.1, 0.15) is 17.3 Å². The number of nitrogens with one attached hydrogen (secondary N) is 1. The highest BCUT2D eigenvalue weighted by Gasteiger charge is 2.17. The van der Waals surface area contributed by atoms with Crippen molar-refractivity contribution in [3.63, 3.8) is 0 Å². The van der Waals surface area contributed by atoms with Gasteiger partial charge < -0.3 is 14.8 Å². The number of methoxy groups -OCH3 is 2. The molecule has 0 bridgehead atoms. The van der Waals surface area contributed by atoms with Crippen molar-refractivity contribution < 1.29 is 13.9 Å². The van der Waals surface area contributed by atoms with Crippen LogP contribution in [0.25, 0.3) is 0 Å². The number of nitrogens with zero attached hydrogens (tertiary/aromatic N) is 1. The zero-order chi connectivity index (χ0) is 13.0. The lowest BCUT2D eigenvalue weighted by Gasteiger charge is -2.28. The Morgan fingerprint density at radius 3 is 2.22 bits per heavy atom. The topological polar surface area (TPSA) is 33.7 Å². The van der Waals surface area contributed by atoms with Gasteiger partial charge in [0.2, 0.25) is 0 Å². The molecule has 0 spiro atoms. The van der Waals surface area contributed by atoms with Crippen LogP contribution in [-0.2, 0) is 6.54 Å². The van der Waals surface area contributed by atoms with Crippen LogP contribution < -0.4 is 14.8 Å². The fraction of sp³-hybridized carbons (Fsp3) is 0.538. The minimum Gasteiger partial charge on any atom is -0.496 e. The van der Waals surface area contributed by atoms with E-state index in [0.29, 0.717) is 18.0 Å². The molecule has 18 heavy (non-hydrogen) atoms. The zero-order valence-electron chi connectivity index (χ0n) is 10.8. The average Bonchev–Trinajstić information content (AvgIpc) is 2.41. The molecule has 1 N–H and O–H groups in total. The van der Waals surface area contributed by atoms with E-state index in [2.05, 4.69) is 10.2 Å². The molecule has 0 aromatic heterocycles. The van der Waals surface area contributed by atoms with Crippen molar-refractivity contribution in [3.05, 3.63) is 23.5 Å². The van der Waals surface area contributed by atoms with Crippen LogP contribution in [-0.4, -0.2) is 45.3 Å². The number of rotatable bonds is 4. The zero-order valence-corrected chi connectivity index (χ0v) is 10.8. The van der Waals surface area contributed by atoms with Crippen LogP contribution >= 0.6 is 0 Å². The lowest BCUT2D eigenvalue weighted by Crippen LogP contribution is -2.43. The fourth-order valence-electron chi connectivity index (χ4n) is 2.20. The molecular weight excluding hydrogens is 235 g/mol. The Kier molecular flexibility index (Phi) is 4.38. The minimum absolute atomic E-state index is 0.340. The number of ether oxygens (including phenoxy) is 2. The molecule has 0 saturated carbocycles. The molecular formula is C13H19FN2O2. The van der Waals surface area contributed by atoms with E-state index in [9.17, 15) is 4.39 Å². The lowest BCUT2D eigenvalue weighted by molar-refractivity contribution is 0.226. The molecule has 4 nitrogen and oxygen atoms in total. The summed E-state index contributed by atoms with van der Waals surface area (Å²) >= 11 is 0. The maximum Gasteiger partial charge on any atom is 0.130 e. The monoisotopic (exact) mass is 254 g/mol. The standard InChI is InChI=1S/C13H19FN2O2/c1-17-12-7-10(14)8-13(18-2)11(12)9-16-5-3-15-4-6-16/h7-8,15H,3-6,9H2,1-2H3. The first-order valence-corrected chi connectivity index (χ1v) is 6.08. The van der Waals surface area contributed by atoms with E-state index in [1.54, 1.807) is 14.2 Å². The number of halogens is 1. The van der Waals surface area contributed by atoms with Gasteiger partial charge in [-0.25, -0.2) is 4.39 Å². The van der Waals surface area contributed by atoms with Crippen molar-refractivity contribution >= 4 is 0 Å². The maximum absolute atomic E-state index is 13.4. The van der Waals surface area contributed by atoms with Crippen molar-refractivity contribution in [2.24, 2.45) is 0 Å². The van der Waals surface area contributed by atoms with E-state index >= 15 is 0 Å². The summed E-state index contributed by atoms with van der Waals surface area (Å²) in [5, 5.41) is 3.30. The molecule has 1 aliphatic heterocycles. The first kappa shape index (κ1) is 13.1. The van der Waals surface area contributed by atoms with Crippen LogP contribution in [0.2, 0.25) is 0 Å². The van der Waals surface area contributed by atoms with Gasteiger partial charge >= 0.3 is 0 Å². The van der Waals surface area contributed by atoms with E-state index < -0.39 is 0 Å². The normalized spacial score (nSPS) is 16.6. The Labute approximate surface area is 107 Å². The molecule has 1 saturated heterocycles. The third-order valence-electron chi connectivity index (χ3n) is 3.16. The fourth-order valence-corrected chi connectivity index (χ4v) is 2.20. The van der Waals surface area contributed by atoms with Crippen molar-refractivity contribution in [2.75, 3.05) is 40.4 Å². The Morgan fingerprint density at radius 2 is 1.72 bits per heavy atom. The van der Waals surface area contributed by atoms with Crippen LogP contribution in [0.4, 0.5) is 4.39 Å². The Balaban J connectivity index is 2.23. The van der Waals surface area contributed by atoms with Crippen LogP contribution in [0, 0.1) is 5.82 Å². The first-order valence-electron chi connectivity index (χ1n) is 6.08. The van der Waals surface area contributed by atoms with Gasteiger partial charge in [-0.1, -0.05) is 0 Å². The Morgan fingerprint density at radius 1 is 1.17 bits per heavy atom. The first-order chi connectivity index (χ1) is 8.74. The molecule has 0 radical (unpaired) electrons. The highest BCUT2D eigenvalue weighted by atomic mass is 19.1. The second-order valence-electron chi connectivity index (χ2n) is 4.32. The molecule has 2 rings (SSSR count). The van der Waals surface area contributed by atoms with Crippen LogP contribution in [0.3, 0.4) is 0 Å². The summed E-state index contributed by atoms with van der Waals surface area (Å²) in [6, 6.07) is 2.81. The summed E-state index contributed by atoms with van der Waals surface area (Å²) in [5.74, 6) is 0.753. The summed E-state index contributed by atoms with van der Waals surface area (Å²) < 4.78 is 23.9. The maximum atomic E-state index is 13.4. The molecule has 0 atom stereocenters. The molecule has 1 aromatic carbocycles. The molecule has 5 heteroatoms. The predicted molar refractivity (Wildman–Crippen MR) is 67.7 cm³/mol. The van der Waals surface area contributed by atoms with Gasteiger partial charge in [0, 0.05) is 44.9 Å². The van der Waals surface area contributed by atoms with Crippen molar-refractivity contribution in [1.29, 1.82) is 0 Å². The van der Waals surface area contributed by atoms with Crippen molar-refractivity contribution in [3.8, 4) is 11.5 Å². The van der Waals surface area contributed by atoms with Gasteiger partial charge in [-0.3, -0.25) is 4.90 Å². The summed E-state index contributed by atoms with van der Waals surface area (Å²) in [5.41, 5.74) is 0.906. The second-order valence-corrected chi connectivity index (χ2v) is 4.32. The second kappa shape index (κ2) is 6.02. The van der Waals surface area contributed by atoms with Crippen molar-refractivity contribution in [1.82, 2.24) is 10.2 Å². The SMILES string of the molecule is COc1cc(F)cc(OC)c1CN1CCNCC1. The average molecular weight is 254 g/mol. The molecule has 0 unspecified atom stereocenters. The van der Waals surface area contributed by atoms with E-state index in [1.165, 1.54) is 12.1 Å². The van der Waals surface area contributed by atoms with Gasteiger partial charge in [-0.15, -0.1) is 0 Å². The lowest BCUT2D eigenvalue weighted by atomic mass is 10.1. The molecule has 1 heterocycles. The molecule has 0 amide bonds. The number of piperazine rings is 1. The van der Waals surface area contributed by atoms with E-state index in [4.69, 9.17) is 9.47 Å². The summed E-state index contributed by atoms with van der Waals surface area (Å²) in [4.78, 5) is 2.30. The summed E-state index contributed by atoms with van der Waals surface area (Å²) in [6.45, 7) is 4.62. The molecule has 0 aliphatic carbocycles. The number of benzene rings is 1. The Bertz CT molecular complexity index is 381. The van der Waals surface area contributed by atoms with Gasteiger partial charge in [0.25, 0.3) is 0 Å². The smallest absolute Gasteiger partial charge is 0.130 e. The van der Waals surface area contributed by atoms with Crippen LogP contribution in [0.1, 0.15) is 5.56 Å². The summed E-state index contributed by atoms with van der Waals surface area (Å²) in [6.07, 6.45) is 0. The quantitative estimate of drug-likeness (QED) is 0.876. The highest BCUT2D eigenvalue weighted by molar-refractivity contribution is 5.45. The number of hydrogen-bond donors (Lipinski definition) is 1. The Hall–Kier alpha value is -1.33. The van der Waals surface area contributed by atoms with Gasteiger partial charge in [0.05, 0.1) is 19.8 Å². The predicted octanol–water partition coefficient (Wildman–Crippen LogP) is 1.25. The summed E-state index contributed by atoms with van der Waals surface area (Å²) in [7, 11) is 3.10. The highest BCUT2D eigenvalue weighted by Crippen LogP contribution is 2.31. The molecule has 1 aliphatic rings. The van der Waals surface area contributed by atoms with Gasteiger partial charge in [-0.05, 0) is 0 Å². The van der Waals surface area contributed by atoms with E-state index in [0.717, 1.165) is 31.7 Å². The largest absolute Gasteiger partial charge is 0.496 e. The van der Waals surface area contributed by atoms with Crippen molar-refractivity contribution in [2.45, 2.75) is 6.54 Å².